The Hall–Kier alpha value is -0.980. The van der Waals surface area contributed by atoms with E-state index in [1.54, 1.807) is 12.1 Å². The molecule has 20 heavy (non-hydrogen) atoms. The van der Waals surface area contributed by atoms with Crippen LogP contribution in [0.4, 0.5) is 0 Å². The molecule has 0 unspecified atom stereocenters. The van der Waals surface area contributed by atoms with Gasteiger partial charge in [0.05, 0.1) is 22.7 Å². The first-order chi connectivity index (χ1) is 9.51. The van der Waals surface area contributed by atoms with Gasteiger partial charge in [-0.15, -0.1) is 0 Å². The molecule has 2 aromatic rings. The number of hydrogen-bond acceptors (Lipinski definition) is 3. The summed E-state index contributed by atoms with van der Waals surface area (Å²) in [6.07, 6.45) is 0. The predicted molar refractivity (Wildman–Crippen MR) is 87.1 cm³/mol. The Morgan fingerprint density at radius 3 is 2.15 bits per heavy atom. The lowest BCUT2D eigenvalue weighted by molar-refractivity contribution is 0.0734. The summed E-state index contributed by atoms with van der Waals surface area (Å²) in [5.41, 5.74) is 0.263. The van der Waals surface area contributed by atoms with Crippen molar-refractivity contribution in [2.75, 3.05) is 7.11 Å². The molecule has 0 aliphatic heterocycles. The van der Waals surface area contributed by atoms with Gasteiger partial charge in [0.25, 0.3) is 0 Å². The minimum Gasteiger partial charge on any atom is -0.494 e. The second-order valence-electron chi connectivity index (χ2n) is 3.82. The predicted octanol–water partition coefficient (Wildman–Crippen LogP) is 4.83. The molecular weight excluding hydrogens is 414 g/mol. The molecule has 104 valence electrons. The normalized spacial score (nSPS) is 10.2. The zero-order chi connectivity index (χ0) is 14.7. The highest BCUT2D eigenvalue weighted by molar-refractivity contribution is 14.1. The van der Waals surface area contributed by atoms with E-state index >= 15 is 0 Å². The average Bonchev–Trinajstić information content (AvgIpc) is 2.41. The van der Waals surface area contributed by atoms with Gasteiger partial charge in [-0.3, -0.25) is 0 Å². The molecule has 6 heteroatoms. The number of esters is 1. The Kier molecular flexibility index (Phi) is 5.12. The second-order valence-corrected chi connectivity index (χ2v) is 5.88. The molecule has 0 aliphatic rings. The number of benzene rings is 2. The molecule has 0 heterocycles. The quantitative estimate of drug-likeness (QED) is 0.404. The van der Waals surface area contributed by atoms with Crippen LogP contribution in [0.2, 0.25) is 10.0 Å². The van der Waals surface area contributed by atoms with Gasteiger partial charge >= 0.3 is 5.97 Å². The van der Waals surface area contributed by atoms with E-state index in [9.17, 15) is 4.79 Å². The first kappa shape index (κ1) is 15.4. The number of ether oxygens (including phenoxy) is 2. The van der Waals surface area contributed by atoms with Crippen LogP contribution in [0.1, 0.15) is 10.4 Å². The van der Waals surface area contributed by atoms with Crippen molar-refractivity contribution in [2.45, 2.75) is 0 Å². The maximum Gasteiger partial charge on any atom is 0.343 e. The highest BCUT2D eigenvalue weighted by Crippen LogP contribution is 2.34. The smallest absolute Gasteiger partial charge is 0.343 e. The van der Waals surface area contributed by atoms with Crippen LogP contribution in [0, 0.1) is 3.57 Å². The van der Waals surface area contributed by atoms with Crippen molar-refractivity contribution in [3.63, 3.8) is 0 Å². The highest BCUT2D eigenvalue weighted by atomic mass is 127. The van der Waals surface area contributed by atoms with Gasteiger partial charge in [-0.25, -0.2) is 4.79 Å². The van der Waals surface area contributed by atoms with Crippen LogP contribution >= 0.6 is 45.8 Å². The van der Waals surface area contributed by atoms with E-state index in [4.69, 9.17) is 32.7 Å². The molecule has 0 aromatic heterocycles. The van der Waals surface area contributed by atoms with Crippen molar-refractivity contribution in [2.24, 2.45) is 0 Å². The van der Waals surface area contributed by atoms with Crippen molar-refractivity contribution in [1.82, 2.24) is 0 Å². The molecule has 0 saturated carbocycles. The Morgan fingerprint density at radius 2 is 1.65 bits per heavy atom. The minimum absolute atomic E-state index is 0.259. The molecule has 0 atom stereocenters. The molecule has 0 bridgehead atoms. The Bertz CT molecular complexity index is 618. The molecule has 0 radical (unpaired) electrons. The fraction of sp³-hybridized carbons (Fsp3) is 0.0714. The zero-order valence-electron chi connectivity index (χ0n) is 10.3. The average molecular weight is 423 g/mol. The van der Waals surface area contributed by atoms with Crippen molar-refractivity contribution < 1.29 is 14.3 Å². The molecule has 0 saturated heterocycles. The Balaban J connectivity index is 2.23. The molecule has 0 amide bonds. The second kappa shape index (κ2) is 6.65. The van der Waals surface area contributed by atoms with Crippen LogP contribution in [0.25, 0.3) is 0 Å². The van der Waals surface area contributed by atoms with Crippen LogP contribution in [0.15, 0.2) is 36.4 Å². The van der Waals surface area contributed by atoms with E-state index < -0.39 is 5.97 Å². The summed E-state index contributed by atoms with van der Waals surface area (Å²) in [5, 5.41) is 0.518. The van der Waals surface area contributed by atoms with E-state index in [0.717, 1.165) is 3.57 Å². The summed E-state index contributed by atoms with van der Waals surface area (Å²) in [6, 6.07) is 10.0. The standard InChI is InChI=1S/C14H9Cl2IO3/c1-19-13-11(15)6-8(7-12(13)16)14(18)20-10-4-2-9(17)3-5-10/h2-7H,1H3. The summed E-state index contributed by atoms with van der Waals surface area (Å²) in [6.45, 7) is 0. The summed E-state index contributed by atoms with van der Waals surface area (Å²) >= 11 is 14.1. The van der Waals surface area contributed by atoms with Crippen LogP contribution in [0.3, 0.4) is 0 Å². The lowest BCUT2D eigenvalue weighted by Crippen LogP contribution is -2.08. The third-order valence-corrected chi connectivity index (χ3v) is 3.74. The van der Waals surface area contributed by atoms with Crippen LogP contribution < -0.4 is 9.47 Å². The van der Waals surface area contributed by atoms with Gasteiger partial charge in [-0.05, 0) is 59.0 Å². The molecule has 0 aliphatic carbocycles. The lowest BCUT2D eigenvalue weighted by Gasteiger charge is -2.09. The number of methoxy groups -OCH3 is 1. The Morgan fingerprint density at radius 1 is 1.10 bits per heavy atom. The van der Waals surface area contributed by atoms with E-state index in [-0.39, 0.29) is 15.6 Å². The minimum atomic E-state index is -0.530. The van der Waals surface area contributed by atoms with Crippen LogP contribution in [-0.2, 0) is 0 Å². The van der Waals surface area contributed by atoms with Gasteiger partial charge in [-0.2, -0.15) is 0 Å². The third kappa shape index (κ3) is 3.56. The van der Waals surface area contributed by atoms with Crippen molar-refractivity contribution in [1.29, 1.82) is 0 Å². The molecule has 0 N–H and O–H groups in total. The van der Waals surface area contributed by atoms with Gasteiger partial charge in [0.15, 0.2) is 5.75 Å². The molecule has 2 rings (SSSR count). The number of hydrogen-bond donors (Lipinski definition) is 0. The van der Waals surface area contributed by atoms with Gasteiger partial charge in [0.2, 0.25) is 0 Å². The third-order valence-electron chi connectivity index (χ3n) is 2.46. The summed E-state index contributed by atoms with van der Waals surface area (Å²) in [4.78, 5) is 12.0. The van der Waals surface area contributed by atoms with E-state index in [1.807, 2.05) is 12.1 Å². The number of carbonyl (C=O) groups excluding carboxylic acids is 1. The molecule has 0 spiro atoms. The number of carbonyl (C=O) groups is 1. The van der Waals surface area contributed by atoms with Crippen LogP contribution in [-0.4, -0.2) is 13.1 Å². The zero-order valence-corrected chi connectivity index (χ0v) is 14.0. The number of halogens is 3. The summed E-state index contributed by atoms with van der Waals surface area (Å²) < 4.78 is 11.3. The fourth-order valence-corrected chi connectivity index (χ4v) is 2.54. The maximum absolute atomic E-state index is 12.0. The molecule has 3 nitrogen and oxygen atoms in total. The van der Waals surface area contributed by atoms with Crippen molar-refractivity contribution >= 4 is 51.8 Å². The highest BCUT2D eigenvalue weighted by Gasteiger charge is 2.15. The van der Waals surface area contributed by atoms with Gasteiger partial charge in [0, 0.05) is 3.57 Å². The first-order valence-electron chi connectivity index (χ1n) is 5.52. The van der Waals surface area contributed by atoms with E-state index in [2.05, 4.69) is 22.6 Å². The number of rotatable bonds is 3. The van der Waals surface area contributed by atoms with E-state index in [0.29, 0.717) is 11.5 Å². The lowest BCUT2D eigenvalue weighted by atomic mass is 10.2. The van der Waals surface area contributed by atoms with Crippen molar-refractivity contribution in [3.05, 3.63) is 55.6 Å². The summed E-state index contributed by atoms with van der Waals surface area (Å²) in [5.74, 6) is 0.260. The summed E-state index contributed by atoms with van der Waals surface area (Å²) in [7, 11) is 1.46. The SMILES string of the molecule is COc1c(Cl)cc(C(=O)Oc2ccc(I)cc2)cc1Cl. The monoisotopic (exact) mass is 422 g/mol. The van der Waals surface area contributed by atoms with E-state index in [1.165, 1.54) is 19.2 Å². The topological polar surface area (TPSA) is 35.5 Å². The maximum atomic E-state index is 12.0. The largest absolute Gasteiger partial charge is 0.494 e. The van der Waals surface area contributed by atoms with Gasteiger partial charge < -0.3 is 9.47 Å². The Labute approximate surface area is 139 Å². The fourth-order valence-electron chi connectivity index (χ4n) is 1.54. The first-order valence-corrected chi connectivity index (χ1v) is 7.35. The van der Waals surface area contributed by atoms with Gasteiger partial charge in [-0.1, -0.05) is 23.2 Å². The van der Waals surface area contributed by atoms with Crippen molar-refractivity contribution in [3.8, 4) is 11.5 Å². The molecule has 2 aromatic carbocycles. The molecule has 0 fully saturated rings. The van der Waals surface area contributed by atoms with Gasteiger partial charge in [0.1, 0.15) is 5.75 Å². The molecular formula is C14H9Cl2IO3. The van der Waals surface area contributed by atoms with Crippen LogP contribution in [0.5, 0.6) is 11.5 Å².